The van der Waals surface area contributed by atoms with Gasteiger partial charge < -0.3 is 28.8 Å². The third-order valence-corrected chi connectivity index (χ3v) is 3.49. The first-order valence-corrected chi connectivity index (χ1v) is 6.26. The van der Waals surface area contributed by atoms with E-state index in [1.165, 1.54) is 0 Å². The van der Waals surface area contributed by atoms with Crippen LogP contribution in [0.5, 0.6) is 0 Å². The molecule has 0 unspecified atom stereocenters. The number of aliphatic carboxylic acids is 1. The van der Waals surface area contributed by atoms with Crippen LogP contribution >= 0.6 is 0 Å². The fourth-order valence-electron chi connectivity index (χ4n) is 2.82. The van der Waals surface area contributed by atoms with E-state index in [4.69, 9.17) is 23.7 Å². The van der Waals surface area contributed by atoms with Crippen LogP contribution in [0.2, 0.25) is 0 Å². The summed E-state index contributed by atoms with van der Waals surface area (Å²) in [6.07, 6.45) is -1.85. The molecule has 1 N–H and O–H groups in total. The fraction of sp³-hybridized carbons (Fsp3) is 0.917. The number of hydrogen-bond donors (Lipinski definition) is 1. The minimum Gasteiger partial charge on any atom is -0.477 e. The predicted octanol–water partition coefficient (Wildman–Crippen LogP) is 0.469. The summed E-state index contributed by atoms with van der Waals surface area (Å²) in [6, 6.07) is 0. The summed E-state index contributed by atoms with van der Waals surface area (Å²) in [5.74, 6) is -4.85. The Balaban J connectivity index is 1.94. The number of hydrogen-bond acceptors (Lipinski definition) is 6. The molecule has 3 rings (SSSR count). The predicted molar refractivity (Wildman–Crippen MR) is 60.2 cm³/mol. The molecule has 3 saturated heterocycles. The quantitative estimate of drug-likeness (QED) is 0.744. The van der Waals surface area contributed by atoms with Crippen LogP contribution < -0.4 is 0 Å². The van der Waals surface area contributed by atoms with Crippen molar-refractivity contribution in [1.82, 2.24) is 0 Å². The van der Waals surface area contributed by atoms with Crippen LogP contribution in [-0.4, -0.2) is 53.4 Å². The van der Waals surface area contributed by atoms with E-state index in [9.17, 15) is 9.90 Å². The third-order valence-electron chi connectivity index (χ3n) is 3.49. The minimum atomic E-state index is -1.82. The lowest BCUT2D eigenvalue weighted by Gasteiger charge is -2.38. The maximum absolute atomic E-state index is 11.6. The summed E-state index contributed by atoms with van der Waals surface area (Å²) in [6.45, 7) is 7.09. The number of carboxylic acid groups (broad SMARTS) is 1. The second-order valence-corrected chi connectivity index (χ2v) is 5.96. The van der Waals surface area contributed by atoms with Crippen molar-refractivity contribution >= 4 is 5.97 Å². The molecule has 0 saturated carbocycles. The van der Waals surface area contributed by atoms with Crippen molar-refractivity contribution in [3.8, 4) is 0 Å². The zero-order valence-corrected chi connectivity index (χ0v) is 11.3. The Morgan fingerprint density at radius 1 is 1.11 bits per heavy atom. The average molecular weight is 274 g/mol. The molecule has 0 spiro atoms. The van der Waals surface area contributed by atoms with Gasteiger partial charge in [0.25, 0.3) is 0 Å². The average Bonchev–Trinajstić information content (AvgIpc) is 2.67. The molecule has 3 aliphatic heterocycles. The van der Waals surface area contributed by atoms with Crippen LogP contribution in [0.15, 0.2) is 0 Å². The van der Waals surface area contributed by atoms with Crippen molar-refractivity contribution in [2.75, 3.05) is 6.61 Å². The first-order chi connectivity index (χ1) is 8.65. The van der Waals surface area contributed by atoms with Gasteiger partial charge in [-0.1, -0.05) is 0 Å². The SMILES string of the molecule is CC1(C)OC[C@@H]2O[C@]3(C(=O)O)OC(C)(C)O[C@H]3[C@H]2O1. The lowest BCUT2D eigenvalue weighted by molar-refractivity contribution is -0.325. The zero-order valence-electron chi connectivity index (χ0n) is 11.3. The van der Waals surface area contributed by atoms with E-state index in [0.717, 1.165) is 0 Å². The van der Waals surface area contributed by atoms with Crippen LogP contribution in [0, 0.1) is 0 Å². The topological polar surface area (TPSA) is 83.5 Å². The monoisotopic (exact) mass is 274 g/mol. The van der Waals surface area contributed by atoms with Gasteiger partial charge in [0.2, 0.25) is 0 Å². The maximum Gasteiger partial charge on any atom is 0.367 e. The molecular weight excluding hydrogens is 256 g/mol. The van der Waals surface area contributed by atoms with Crippen LogP contribution in [0.3, 0.4) is 0 Å². The molecule has 4 atom stereocenters. The molecule has 19 heavy (non-hydrogen) atoms. The summed E-state index contributed by atoms with van der Waals surface area (Å²) < 4.78 is 28.0. The molecule has 7 heteroatoms. The Labute approximate surface area is 110 Å². The van der Waals surface area contributed by atoms with Crippen LogP contribution in [0.1, 0.15) is 27.7 Å². The Hall–Kier alpha value is -0.730. The van der Waals surface area contributed by atoms with E-state index in [2.05, 4.69) is 0 Å². The molecule has 0 radical (unpaired) electrons. The molecule has 3 fully saturated rings. The summed E-state index contributed by atoms with van der Waals surface area (Å²) in [7, 11) is 0. The summed E-state index contributed by atoms with van der Waals surface area (Å²) in [5.41, 5.74) is 0. The first kappa shape index (κ1) is 13.3. The van der Waals surface area contributed by atoms with Gasteiger partial charge in [0.1, 0.15) is 12.2 Å². The normalized spacial score (nSPS) is 46.6. The highest BCUT2D eigenvalue weighted by atomic mass is 16.9. The molecule has 0 aromatic heterocycles. The van der Waals surface area contributed by atoms with Crippen molar-refractivity contribution in [2.24, 2.45) is 0 Å². The Kier molecular flexibility index (Phi) is 2.57. The minimum absolute atomic E-state index is 0.246. The smallest absolute Gasteiger partial charge is 0.367 e. The molecule has 7 nitrogen and oxygen atoms in total. The maximum atomic E-state index is 11.6. The lowest BCUT2D eigenvalue weighted by atomic mass is 10.0. The fourth-order valence-corrected chi connectivity index (χ4v) is 2.82. The zero-order chi connectivity index (χ0) is 14.1. The number of rotatable bonds is 1. The van der Waals surface area contributed by atoms with E-state index in [-0.39, 0.29) is 6.61 Å². The molecule has 3 heterocycles. The van der Waals surface area contributed by atoms with E-state index in [1.54, 1.807) is 27.7 Å². The van der Waals surface area contributed by atoms with Gasteiger partial charge in [-0.3, -0.25) is 0 Å². The van der Waals surface area contributed by atoms with Gasteiger partial charge in [-0.25, -0.2) is 4.79 Å². The van der Waals surface area contributed by atoms with Crippen molar-refractivity contribution in [2.45, 2.75) is 63.4 Å². The number of carbonyl (C=O) groups is 1. The van der Waals surface area contributed by atoms with Crippen molar-refractivity contribution in [3.05, 3.63) is 0 Å². The van der Waals surface area contributed by atoms with Crippen LogP contribution in [0.25, 0.3) is 0 Å². The van der Waals surface area contributed by atoms with Crippen LogP contribution in [-0.2, 0) is 28.5 Å². The largest absolute Gasteiger partial charge is 0.477 e. The van der Waals surface area contributed by atoms with Gasteiger partial charge in [0, 0.05) is 0 Å². The van der Waals surface area contributed by atoms with E-state index in [0.29, 0.717) is 0 Å². The van der Waals surface area contributed by atoms with Gasteiger partial charge in [-0.2, -0.15) is 0 Å². The lowest BCUT2D eigenvalue weighted by Crippen LogP contribution is -2.52. The Morgan fingerprint density at radius 2 is 1.79 bits per heavy atom. The number of ether oxygens (including phenoxy) is 5. The molecule has 108 valence electrons. The van der Waals surface area contributed by atoms with E-state index in [1.807, 2.05) is 0 Å². The van der Waals surface area contributed by atoms with Gasteiger partial charge in [0.05, 0.1) is 6.61 Å². The van der Waals surface area contributed by atoms with E-state index >= 15 is 0 Å². The van der Waals surface area contributed by atoms with Crippen molar-refractivity contribution < 1.29 is 33.6 Å². The summed E-state index contributed by atoms with van der Waals surface area (Å²) >= 11 is 0. The first-order valence-electron chi connectivity index (χ1n) is 6.26. The van der Waals surface area contributed by atoms with Crippen LogP contribution in [0.4, 0.5) is 0 Å². The number of carboxylic acids is 1. The highest BCUT2D eigenvalue weighted by molar-refractivity contribution is 5.77. The molecule has 0 amide bonds. The van der Waals surface area contributed by atoms with Crippen molar-refractivity contribution in [1.29, 1.82) is 0 Å². The Bertz CT molecular complexity index is 418. The highest BCUT2D eigenvalue weighted by Crippen LogP contribution is 2.48. The second-order valence-electron chi connectivity index (χ2n) is 5.96. The van der Waals surface area contributed by atoms with Gasteiger partial charge in [-0.15, -0.1) is 0 Å². The second kappa shape index (κ2) is 3.67. The van der Waals surface area contributed by atoms with Gasteiger partial charge in [-0.05, 0) is 27.7 Å². The molecule has 0 aliphatic carbocycles. The highest BCUT2D eigenvalue weighted by Gasteiger charge is 2.71. The third kappa shape index (κ3) is 1.88. The van der Waals surface area contributed by atoms with Gasteiger partial charge in [0.15, 0.2) is 17.7 Å². The molecule has 0 bridgehead atoms. The Morgan fingerprint density at radius 3 is 2.42 bits per heavy atom. The summed E-state index contributed by atoms with van der Waals surface area (Å²) in [4.78, 5) is 11.6. The summed E-state index contributed by atoms with van der Waals surface area (Å²) in [5, 5.41) is 9.46. The molecule has 0 aromatic carbocycles. The van der Waals surface area contributed by atoms with Crippen molar-refractivity contribution in [3.63, 3.8) is 0 Å². The van der Waals surface area contributed by atoms with Gasteiger partial charge >= 0.3 is 11.8 Å². The molecule has 3 aliphatic rings. The molecule has 0 aromatic rings. The van der Waals surface area contributed by atoms with E-state index < -0.39 is 41.6 Å². The standard InChI is InChI=1S/C12H18O7/c1-10(2)15-5-6-7(17-10)8-12(16-6,9(13)14)19-11(3,4)18-8/h6-8H,5H2,1-4H3,(H,13,14)/t6-,7-,8-,12-/m0/s1. The number of fused-ring (bicyclic) bond motifs is 3. The molecular formula is C12H18O7.